The number of methoxy groups -OCH3 is 1. The molecule has 9 heteroatoms. The average molecular weight is 497 g/mol. The number of rotatable bonds is 5. The molecule has 3 heterocycles. The first-order valence-electron chi connectivity index (χ1n) is 11.8. The number of urea groups is 1. The van der Waals surface area contributed by atoms with Gasteiger partial charge in [-0.05, 0) is 49.7 Å². The third-order valence-electron chi connectivity index (χ3n) is 6.46. The summed E-state index contributed by atoms with van der Waals surface area (Å²) < 4.78 is 22.2. The lowest BCUT2D eigenvalue weighted by atomic mass is 9.94. The number of benzene rings is 3. The van der Waals surface area contributed by atoms with E-state index in [1.165, 1.54) is 0 Å². The fourth-order valence-corrected chi connectivity index (χ4v) is 4.66. The van der Waals surface area contributed by atoms with Crippen molar-refractivity contribution in [1.82, 2.24) is 15.5 Å². The topological polar surface area (TPSA) is 99.0 Å². The fourth-order valence-electron chi connectivity index (χ4n) is 4.66. The third kappa shape index (κ3) is 4.04. The van der Waals surface area contributed by atoms with Crippen LogP contribution in [0.2, 0.25) is 0 Å². The van der Waals surface area contributed by atoms with Crippen LogP contribution in [0.4, 0.5) is 10.5 Å². The summed E-state index contributed by atoms with van der Waals surface area (Å²) in [5.41, 5.74) is 4.71. The lowest BCUT2D eigenvalue weighted by Gasteiger charge is -2.35. The van der Waals surface area contributed by atoms with Crippen LogP contribution in [0.15, 0.2) is 77.0 Å². The molecule has 1 unspecified atom stereocenters. The molecule has 0 saturated heterocycles. The van der Waals surface area contributed by atoms with Crippen LogP contribution in [0.3, 0.4) is 0 Å². The molecule has 0 radical (unpaired) electrons. The van der Waals surface area contributed by atoms with Gasteiger partial charge in [0.25, 0.3) is 5.89 Å². The molecule has 1 atom stereocenters. The standard InChI is InChI=1S/C28H24N4O5/c1-16-6-4-8-19(12-16)26-30-27(37-31-26)24-17(2)32(20-10-11-22-23(14-20)36-15-35-22)28(33)29-25(24)18-7-5-9-21(13-18)34-3/h4-14,25H,15H2,1-3H3,(H,29,33). The van der Waals surface area contributed by atoms with Crippen LogP contribution in [-0.2, 0) is 0 Å². The summed E-state index contributed by atoms with van der Waals surface area (Å²) in [7, 11) is 1.61. The van der Waals surface area contributed by atoms with Gasteiger partial charge in [0.15, 0.2) is 11.5 Å². The molecule has 0 spiro atoms. The van der Waals surface area contributed by atoms with Gasteiger partial charge in [-0.1, -0.05) is 41.1 Å². The molecule has 37 heavy (non-hydrogen) atoms. The number of ether oxygens (including phenoxy) is 3. The van der Waals surface area contributed by atoms with E-state index in [4.69, 9.17) is 23.7 Å². The summed E-state index contributed by atoms with van der Waals surface area (Å²) in [6, 6.07) is 20.0. The molecule has 9 nitrogen and oxygen atoms in total. The van der Waals surface area contributed by atoms with E-state index in [-0.39, 0.29) is 12.8 Å². The smallest absolute Gasteiger partial charge is 0.327 e. The largest absolute Gasteiger partial charge is 0.497 e. The minimum Gasteiger partial charge on any atom is -0.497 e. The molecule has 186 valence electrons. The van der Waals surface area contributed by atoms with Crippen molar-refractivity contribution >= 4 is 17.3 Å². The zero-order valence-electron chi connectivity index (χ0n) is 20.5. The predicted octanol–water partition coefficient (Wildman–Crippen LogP) is 5.48. The highest BCUT2D eigenvalue weighted by molar-refractivity contribution is 6.01. The van der Waals surface area contributed by atoms with Crippen molar-refractivity contribution in [2.45, 2.75) is 19.9 Å². The molecule has 1 aromatic heterocycles. The molecule has 2 aliphatic rings. The lowest BCUT2D eigenvalue weighted by Crippen LogP contribution is -2.46. The van der Waals surface area contributed by atoms with Gasteiger partial charge >= 0.3 is 6.03 Å². The Morgan fingerprint density at radius 3 is 2.68 bits per heavy atom. The van der Waals surface area contributed by atoms with Crippen LogP contribution in [0.5, 0.6) is 17.2 Å². The normalized spacial score (nSPS) is 16.7. The summed E-state index contributed by atoms with van der Waals surface area (Å²) >= 11 is 0. The fraction of sp³-hybridized carbons (Fsp3) is 0.179. The summed E-state index contributed by atoms with van der Waals surface area (Å²) in [6.07, 6.45) is 0. The molecule has 6 rings (SSSR count). The molecular weight excluding hydrogens is 472 g/mol. The average Bonchev–Trinajstić information content (AvgIpc) is 3.58. The van der Waals surface area contributed by atoms with Gasteiger partial charge in [-0.15, -0.1) is 0 Å². The van der Waals surface area contributed by atoms with E-state index in [0.29, 0.717) is 45.9 Å². The van der Waals surface area contributed by atoms with E-state index in [0.717, 1.165) is 16.7 Å². The van der Waals surface area contributed by atoms with Gasteiger partial charge in [-0.3, -0.25) is 4.90 Å². The number of hydrogen-bond acceptors (Lipinski definition) is 7. The van der Waals surface area contributed by atoms with E-state index in [1.807, 2.05) is 68.4 Å². The van der Waals surface area contributed by atoms with Gasteiger partial charge in [0, 0.05) is 17.3 Å². The van der Waals surface area contributed by atoms with Crippen molar-refractivity contribution in [3.63, 3.8) is 0 Å². The van der Waals surface area contributed by atoms with Crippen molar-refractivity contribution in [3.05, 3.63) is 89.4 Å². The van der Waals surface area contributed by atoms with Crippen LogP contribution < -0.4 is 24.4 Å². The van der Waals surface area contributed by atoms with E-state index in [9.17, 15) is 4.79 Å². The Hall–Kier alpha value is -4.79. The number of carbonyl (C=O) groups is 1. The maximum Gasteiger partial charge on any atom is 0.327 e. The van der Waals surface area contributed by atoms with E-state index in [2.05, 4.69) is 10.5 Å². The number of aryl methyl sites for hydroxylation is 1. The zero-order valence-corrected chi connectivity index (χ0v) is 20.5. The SMILES string of the molecule is COc1cccc(C2NC(=O)N(c3ccc4c(c3)OCO4)C(C)=C2c2nc(-c3cccc(C)c3)no2)c1. The highest BCUT2D eigenvalue weighted by Crippen LogP contribution is 2.42. The molecule has 0 fully saturated rings. The minimum absolute atomic E-state index is 0.146. The molecule has 2 amide bonds. The first-order chi connectivity index (χ1) is 18.0. The molecule has 0 saturated carbocycles. The first-order valence-corrected chi connectivity index (χ1v) is 11.8. The van der Waals surface area contributed by atoms with E-state index < -0.39 is 6.04 Å². The minimum atomic E-state index is -0.543. The maximum absolute atomic E-state index is 13.5. The Balaban J connectivity index is 1.49. The van der Waals surface area contributed by atoms with E-state index >= 15 is 0 Å². The lowest BCUT2D eigenvalue weighted by molar-refractivity contribution is 0.174. The Morgan fingerprint density at radius 2 is 1.84 bits per heavy atom. The maximum atomic E-state index is 13.5. The van der Waals surface area contributed by atoms with Crippen LogP contribution in [0.25, 0.3) is 17.0 Å². The van der Waals surface area contributed by atoms with Crippen molar-refractivity contribution < 1.29 is 23.5 Å². The summed E-state index contributed by atoms with van der Waals surface area (Å²) in [5, 5.41) is 7.36. The quantitative estimate of drug-likeness (QED) is 0.390. The van der Waals surface area contributed by atoms with Crippen molar-refractivity contribution in [1.29, 1.82) is 0 Å². The predicted molar refractivity (Wildman–Crippen MR) is 136 cm³/mol. The molecule has 3 aromatic carbocycles. The van der Waals surface area contributed by atoms with Gasteiger partial charge in [0.05, 0.1) is 24.4 Å². The summed E-state index contributed by atoms with van der Waals surface area (Å²) in [4.78, 5) is 19.8. The second-order valence-electron chi connectivity index (χ2n) is 8.82. The molecule has 2 aliphatic heterocycles. The number of hydrogen-bond donors (Lipinski definition) is 1. The molecule has 4 aromatic rings. The number of nitrogens with one attached hydrogen (secondary N) is 1. The van der Waals surface area contributed by atoms with Crippen molar-refractivity contribution in [2.75, 3.05) is 18.8 Å². The molecule has 0 bridgehead atoms. The third-order valence-corrected chi connectivity index (χ3v) is 6.46. The van der Waals surface area contributed by atoms with Gasteiger partial charge in [-0.2, -0.15) is 4.98 Å². The Labute approximate surface area is 213 Å². The highest BCUT2D eigenvalue weighted by atomic mass is 16.7. The Morgan fingerprint density at radius 1 is 1.00 bits per heavy atom. The molecular formula is C28H24N4O5. The van der Waals surface area contributed by atoms with Crippen LogP contribution >= 0.6 is 0 Å². The Kier molecular flexibility index (Phi) is 5.52. The highest BCUT2D eigenvalue weighted by Gasteiger charge is 2.37. The van der Waals surface area contributed by atoms with Gasteiger partial charge in [0.1, 0.15) is 5.75 Å². The molecule has 1 N–H and O–H groups in total. The monoisotopic (exact) mass is 496 g/mol. The number of fused-ring (bicyclic) bond motifs is 1. The number of amides is 2. The molecule has 0 aliphatic carbocycles. The van der Waals surface area contributed by atoms with Crippen LogP contribution in [0.1, 0.15) is 30.0 Å². The van der Waals surface area contributed by atoms with Gasteiger partial charge in [-0.25, -0.2) is 4.79 Å². The summed E-state index contributed by atoms with van der Waals surface area (Å²) in [5.74, 6) is 2.67. The van der Waals surface area contributed by atoms with Crippen LogP contribution in [0, 0.1) is 6.92 Å². The number of carbonyl (C=O) groups excluding carboxylic acids is 1. The second kappa shape index (κ2) is 9.02. The number of anilines is 1. The number of nitrogens with zero attached hydrogens (tertiary/aromatic N) is 3. The van der Waals surface area contributed by atoms with Crippen molar-refractivity contribution in [3.8, 4) is 28.6 Å². The van der Waals surface area contributed by atoms with Gasteiger partial charge in [0.2, 0.25) is 12.6 Å². The second-order valence-corrected chi connectivity index (χ2v) is 8.82. The number of aromatic nitrogens is 2. The van der Waals surface area contributed by atoms with E-state index in [1.54, 1.807) is 24.1 Å². The van der Waals surface area contributed by atoms with Crippen molar-refractivity contribution in [2.24, 2.45) is 0 Å². The Bertz CT molecular complexity index is 1540. The summed E-state index contributed by atoms with van der Waals surface area (Å²) in [6.45, 7) is 4.02. The van der Waals surface area contributed by atoms with Gasteiger partial charge < -0.3 is 24.1 Å². The van der Waals surface area contributed by atoms with Crippen LogP contribution in [-0.4, -0.2) is 30.1 Å². The number of allylic oxidation sites excluding steroid dienone is 1. The zero-order chi connectivity index (χ0) is 25.5. The first kappa shape index (κ1) is 22.7.